The second-order valence-corrected chi connectivity index (χ2v) is 6.30. The van der Waals surface area contributed by atoms with Crippen LogP contribution in [0.3, 0.4) is 0 Å². The molecule has 0 aliphatic carbocycles. The number of furan rings is 1. The largest absolute Gasteiger partial charge is 0.492 e. The van der Waals surface area contributed by atoms with Crippen LogP contribution in [0.1, 0.15) is 30.0 Å². The zero-order valence-electron chi connectivity index (χ0n) is 16.6. The van der Waals surface area contributed by atoms with Gasteiger partial charge in [0.05, 0.1) is 18.9 Å². The highest BCUT2D eigenvalue weighted by atomic mass is 16.6. The van der Waals surface area contributed by atoms with Gasteiger partial charge in [-0.3, -0.25) is 4.79 Å². The minimum atomic E-state index is -1.04. The average molecular weight is 397 g/mol. The van der Waals surface area contributed by atoms with Gasteiger partial charge in [-0.2, -0.15) is 0 Å². The summed E-state index contributed by atoms with van der Waals surface area (Å²) in [6, 6.07) is 14.3. The third-order valence-corrected chi connectivity index (χ3v) is 4.27. The standard InChI is InChI=1S/C22H23NO6/c1-4-27-19-12-8-6-10-17(19)23-21(24)14(2)28-22(25)20-16(13-26-3)15-9-5-7-11-18(15)29-20/h5-12,14H,4,13H2,1-3H3,(H,23,24)/t14-/m0/s1. The van der Waals surface area contributed by atoms with Crippen LogP contribution in [-0.4, -0.2) is 31.7 Å². The molecule has 0 aliphatic heterocycles. The second-order valence-electron chi connectivity index (χ2n) is 6.30. The Bertz CT molecular complexity index is 1010. The number of methoxy groups -OCH3 is 1. The van der Waals surface area contributed by atoms with Gasteiger partial charge in [0, 0.05) is 18.1 Å². The van der Waals surface area contributed by atoms with Crippen molar-refractivity contribution in [3.63, 3.8) is 0 Å². The van der Waals surface area contributed by atoms with Crippen molar-refractivity contribution in [3.05, 3.63) is 59.9 Å². The number of hydrogen-bond donors (Lipinski definition) is 1. The molecule has 0 radical (unpaired) electrons. The molecule has 0 saturated heterocycles. The van der Waals surface area contributed by atoms with Crippen molar-refractivity contribution in [3.8, 4) is 5.75 Å². The normalized spacial score (nSPS) is 11.8. The highest BCUT2D eigenvalue weighted by Gasteiger charge is 2.26. The van der Waals surface area contributed by atoms with Crippen molar-refractivity contribution in [2.75, 3.05) is 19.0 Å². The van der Waals surface area contributed by atoms with Gasteiger partial charge < -0.3 is 23.9 Å². The lowest BCUT2D eigenvalue weighted by molar-refractivity contribution is -0.123. The Morgan fingerprint density at radius 2 is 1.83 bits per heavy atom. The van der Waals surface area contributed by atoms with Gasteiger partial charge in [-0.1, -0.05) is 30.3 Å². The number of amides is 1. The number of para-hydroxylation sites is 3. The van der Waals surface area contributed by atoms with Crippen molar-refractivity contribution in [1.29, 1.82) is 0 Å². The van der Waals surface area contributed by atoms with Gasteiger partial charge in [0.15, 0.2) is 6.10 Å². The monoisotopic (exact) mass is 397 g/mol. The minimum absolute atomic E-state index is 0.0300. The van der Waals surface area contributed by atoms with Gasteiger partial charge in [-0.25, -0.2) is 4.79 Å². The Balaban J connectivity index is 1.75. The lowest BCUT2D eigenvalue weighted by Gasteiger charge is -2.15. The molecule has 0 aliphatic rings. The first-order valence-electron chi connectivity index (χ1n) is 9.28. The molecule has 1 atom stereocenters. The number of hydrogen-bond acceptors (Lipinski definition) is 6. The number of nitrogens with one attached hydrogen (secondary N) is 1. The predicted octanol–water partition coefficient (Wildman–Crippen LogP) is 4.16. The van der Waals surface area contributed by atoms with Crippen molar-refractivity contribution in [1.82, 2.24) is 0 Å². The number of ether oxygens (including phenoxy) is 3. The Morgan fingerprint density at radius 1 is 1.10 bits per heavy atom. The highest BCUT2D eigenvalue weighted by Crippen LogP contribution is 2.28. The first-order valence-corrected chi connectivity index (χ1v) is 9.28. The van der Waals surface area contributed by atoms with Crippen molar-refractivity contribution < 1.29 is 28.2 Å². The van der Waals surface area contributed by atoms with Gasteiger partial charge in [-0.15, -0.1) is 0 Å². The Kier molecular flexibility index (Phi) is 6.51. The molecule has 152 valence electrons. The quantitative estimate of drug-likeness (QED) is 0.574. The Morgan fingerprint density at radius 3 is 2.59 bits per heavy atom. The molecule has 7 nitrogen and oxygen atoms in total. The number of benzene rings is 2. The smallest absolute Gasteiger partial charge is 0.375 e. The van der Waals surface area contributed by atoms with Gasteiger partial charge in [0.2, 0.25) is 5.76 Å². The molecule has 3 aromatic rings. The van der Waals surface area contributed by atoms with Crippen molar-refractivity contribution in [2.45, 2.75) is 26.6 Å². The lowest BCUT2D eigenvalue weighted by Crippen LogP contribution is -2.30. The zero-order chi connectivity index (χ0) is 20.8. The van der Waals surface area contributed by atoms with Crippen LogP contribution >= 0.6 is 0 Å². The van der Waals surface area contributed by atoms with E-state index in [-0.39, 0.29) is 12.4 Å². The zero-order valence-corrected chi connectivity index (χ0v) is 16.6. The SMILES string of the molecule is CCOc1ccccc1NC(=O)[C@H](C)OC(=O)c1oc2ccccc2c1COC. The maximum absolute atomic E-state index is 12.7. The van der Waals surface area contributed by atoms with Crippen LogP contribution in [0.25, 0.3) is 11.0 Å². The van der Waals surface area contributed by atoms with Crippen LogP contribution in [-0.2, 0) is 20.9 Å². The summed E-state index contributed by atoms with van der Waals surface area (Å²) in [7, 11) is 1.53. The van der Waals surface area contributed by atoms with Crippen molar-refractivity contribution >= 4 is 28.5 Å². The van der Waals surface area contributed by atoms with Crippen molar-refractivity contribution in [2.24, 2.45) is 0 Å². The van der Waals surface area contributed by atoms with Crippen LogP contribution in [0.15, 0.2) is 52.9 Å². The van der Waals surface area contributed by atoms with E-state index in [2.05, 4.69) is 5.32 Å². The molecule has 3 rings (SSSR count). The van der Waals surface area contributed by atoms with E-state index in [1.54, 1.807) is 24.3 Å². The van der Waals surface area contributed by atoms with E-state index in [0.29, 0.717) is 29.2 Å². The molecular formula is C22H23NO6. The minimum Gasteiger partial charge on any atom is -0.492 e. The van der Waals surface area contributed by atoms with Crippen LogP contribution < -0.4 is 10.1 Å². The summed E-state index contributed by atoms with van der Waals surface area (Å²) in [5.74, 6) is -0.632. The van der Waals surface area contributed by atoms with Gasteiger partial charge in [0.1, 0.15) is 11.3 Å². The number of carbonyl (C=O) groups is 2. The molecule has 7 heteroatoms. The fraction of sp³-hybridized carbons (Fsp3) is 0.273. The van der Waals surface area contributed by atoms with E-state index < -0.39 is 18.0 Å². The van der Waals surface area contributed by atoms with E-state index in [1.165, 1.54) is 14.0 Å². The van der Waals surface area contributed by atoms with E-state index in [9.17, 15) is 9.59 Å². The predicted molar refractivity (Wildman–Crippen MR) is 108 cm³/mol. The van der Waals surface area contributed by atoms with Crippen LogP contribution in [0.2, 0.25) is 0 Å². The summed E-state index contributed by atoms with van der Waals surface area (Å²) in [4.78, 5) is 25.2. The second kappa shape index (κ2) is 9.25. The summed E-state index contributed by atoms with van der Waals surface area (Å²) >= 11 is 0. The fourth-order valence-electron chi connectivity index (χ4n) is 2.90. The first kappa shape index (κ1) is 20.4. The number of carbonyl (C=O) groups excluding carboxylic acids is 2. The van der Waals surface area contributed by atoms with E-state index in [0.717, 1.165) is 5.39 Å². The van der Waals surface area contributed by atoms with Crippen LogP contribution in [0.4, 0.5) is 5.69 Å². The summed E-state index contributed by atoms with van der Waals surface area (Å²) < 4.78 is 21.7. The number of anilines is 1. The molecule has 1 amide bonds. The number of rotatable bonds is 8. The molecule has 0 fully saturated rings. The number of fused-ring (bicyclic) bond motifs is 1. The topological polar surface area (TPSA) is 87.0 Å². The molecule has 29 heavy (non-hydrogen) atoms. The van der Waals surface area contributed by atoms with E-state index in [1.807, 2.05) is 31.2 Å². The van der Waals surface area contributed by atoms with Crippen LogP contribution in [0, 0.1) is 0 Å². The molecule has 2 aromatic carbocycles. The maximum atomic E-state index is 12.7. The Hall–Kier alpha value is -3.32. The molecule has 0 spiro atoms. The highest BCUT2D eigenvalue weighted by molar-refractivity contribution is 6.00. The van der Waals surface area contributed by atoms with E-state index in [4.69, 9.17) is 18.6 Å². The molecule has 0 bridgehead atoms. The third kappa shape index (κ3) is 4.57. The van der Waals surface area contributed by atoms with Gasteiger partial charge >= 0.3 is 5.97 Å². The summed E-state index contributed by atoms with van der Waals surface area (Å²) in [6.45, 7) is 4.00. The molecular weight excluding hydrogens is 374 g/mol. The molecule has 1 N–H and O–H groups in total. The average Bonchev–Trinajstić information content (AvgIpc) is 3.09. The van der Waals surface area contributed by atoms with Gasteiger partial charge in [0.25, 0.3) is 5.91 Å². The molecule has 1 aromatic heterocycles. The number of esters is 1. The maximum Gasteiger partial charge on any atom is 0.375 e. The van der Waals surface area contributed by atoms with Gasteiger partial charge in [-0.05, 0) is 32.0 Å². The summed E-state index contributed by atoms with van der Waals surface area (Å²) in [6.07, 6.45) is -1.04. The molecule has 1 heterocycles. The lowest BCUT2D eigenvalue weighted by atomic mass is 10.1. The fourth-order valence-corrected chi connectivity index (χ4v) is 2.90. The first-order chi connectivity index (χ1) is 14.0. The summed E-state index contributed by atoms with van der Waals surface area (Å²) in [5, 5.41) is 3.49. The summed E-state index contributed by atoms with van der Waals surface area (Å²) in [5.41, 5.74) is 1.64. The van der Waals surface area contributed by atoms with Crippen LogP contribution in [0.5, 0.6) is 5.75 Å². The third-order valence-electron chi connectivity index (χ3n) is 4.27. The molecule has 0 saturated carbocycles. The Labute approximate surface area is 168 Å². The molecule has 0 unspecified atom stereocenters. The van der Waals surface area contributed by atoms with E-state index >= 15 is 0 Å².